The standard InChI is InChI=1S/C16H17BrN6O4/c1-22-13-12(14(26)20-16(22)27)23(7-11(25)8-24)15(19-13)21-18-6-9-2-4-10(17)5-3-9/h2-6,11,24-25H,7-8H2,1H3,(H,19,21)(H,20,26,27). The fourth-order valence-corrected chi connectivity index (χ4v) is 2.74. The van der Waals surface area contributed by atoms with E-state index in [1.54, 1.807) is 6.21 Å². The van der Waals surface area contributed by atoms with Crippen LogP contribution in [0.1, 0.15) is 5.56 Å². The minimum atomic E-state index is -1.12. The lowest BCUT2D eigenvalue weighted by molar-refractivity contribution is 0.0825. The van der Waals surface area contributed by atoms with E-state index in [-0.39, 0.29) is 23.7 Å². The zero-order valence-corrected chi connectivity index (χ0v) is 15.8. The van der Waals surface area contributed by atoms with Crippen molar-refractivity contribution in [3.63, 3.8) is 0 Å². The second-order valence-corrected chi connectivity index (χ2v) is 6.71. The topological polar surface area (TPSA) is 138 Å². The normalized spacial score (nSPS) is 12.7. The Labute approximate surface area is 160 Å². The number of nitrogens with one attached hydrogen (secondary N) is 2. The van der Waals surface area contributed by atoms with Crippen LogP contribution in [0.2, 0.25) is 0 Å². The van der Waals surface area contributed by atoms with E-state index in [1.165, 1.54) is 16.2 Å². The molecule has 0 aliphatic carbocycles. The number of hydrogen-bond donors (Lipinski definition) is 4. The largest absolute Gasteiger partial charge is 0.394 e. The molecule has 0 radical (unpaired) electrons. The van der Waals surface area contributed by atoms with Gasteiger partial charge in [-0.2, -0.15) is 10.1 Å². The highest BCUT2D eigenvalue weighted by molar-refractivity contribution is 9.10. The Kier molecular flexibility index (Phi) is 5.54. The van der Waals surface area contributed by atoms with Crippen molar-refractivity contribution < 1.29 is 10.2 Å². The number of H-pyrrole nitrogens is 1. The highest BCUT2D eigenvalue weighted by Crippen LogP contribution is 2.16. The molecule has 3 rings (SSSR count). The molecule has 0 aliphatic heterocycles. The molecule has 1 aromatic carbocycles. The van der Waals surface area contributed by atoms with E-state index < -0.39 is 24.0 Å². The molecule has 0 amide bonds. The smallest absolute Gasteiger partial charge is 0.329 e. The lowest BCUT2D eigenvalue weighted by Gasteiger charge is -2.11. The first-order valence-electron chi connectivity index (χ1n) is 7.94. The summed E-state index contributed by atoms with van der Waals surface area (Å²) >= 11 is 3.35. The molecule has 2 heterocycles. The lowest BCUT2D eigenvalue weighted by atomic mass is 10.2. The highest BCUT2D eigenvalue weighted by atomic mass is 79.9. The van der Waals surface area contributed by atoms with E-state index in [1.807, 2.05) is 24.3 Å². The van der Waals surface area contributed by atoms with Crippen molar-refractivity contribution in [3.05, 3.63) is 55.1 Å². The molecule has 0 saturated carbocycles. The van der Waals surface area contributed by atoms with E-state index in [4.69, 9.17) is 5.11 Å². The van der Waals surface area contributed by atoms with Gasteiger partial charge in [-0.15, -0.1) is 0 Å². The van der Waals surface area contributed by atoms with Crippen LogP contribution < -0.4 is 16.7 Å². The summed E-state index contributed by atoms with van der Waals surface area (Å²) in [6, 6.07) is 7.43. The van der Waals surface area contributed by atoms with Crippen molar-refractivity contribution >= 4 is 39.3 Å². The Morgan fingerprint density at radius 1 is 1.37 bits per heavy atom. The summed E-state index contributed by atoms with van der Waals surface area (Å²) in [5.74, 6) is 0.151. The molecule has 0 bridgehead atoms. The van der Waals surface area contributed by atoms with Crippen molar-refractivity contribution in [1.29, 1.82) is 0 Å². The van der Waals surface area contributed by atoms with Crippen molar-refractivity contribution in [2.75, 3.05) is 12.0 Å². The zero-order chi connectivity index (χ0) is 19.6. The van der Waals surface area contributed by atoms with Gasteiger partial charge >= 0.3 is 5.69 Å². The van der Waals surface area contributed by atoms with Crippen LogP contribution in [0.15, 0.2) is 43.4 Å². The van der Waals surface area contributed by atoms with Crippen LogP contribution in [0.4, 0.5) is 5.95 Å². The quantitative estimate of drug-likeness (QED) is 0.316. The molecule has 142 valence electrons. The number of nitrogens with zero attached hydrogens (tertiary/aromatic N) is 4. The van der Waals surface area contributed by atoms with Crippen LogP contribution in [0.25, 0.3) is 11.2 Å². The van der Waals surface area contributed by atoms with E-state index in [0.717, 1.165) is 10.0 Å². The maximum Gasteiger partial charge on any atom is 0.329 e. The molecule has 0 aliphatic rings. The number of halogens is 1. The van der Waals surface area contributed by atoms with Gasteiger partial charge in [-0.25, -0.2) is 10.2 Å². The monoisotopic (exact) mass is 436 g/mol. The Bertz CT molecular complexity index is 1100. The molecule has 10 nitrogen and oxygen atoms in total. The van der Waals surface area contributed by atoms with Crippen LogP contribution >= 0.6 is 15.9 Å². The second-order valence-electron chi connectivity index (χ2n) is 5.79. The Morgan fingerprint density at radius 2 is 2.07 bits per heavy atom. The molecule has 1 unspecified atom stereocenters. The number of rotatable bonds is 6. The Morgan fingerprint density at radius 3 is 2.74 bits per heavy atom. The van der Waals surface area contributed by atoms with Crippen molar-refractivity contribution in [2.45, 2.75) is 12.6 Å². The number of imidazole rings is 1. The van der Waals surface area contributed by atoms with Crippen molar-refractivity contribution in [2.24, 2.45) is 12.1 Å². The second kappa shape index (κ2) is 7.86. The van der Waals surface area contributed by atoms with Crippen LogP contribution in [-0.2, 0) is 13.6 Å². The average Bonchev–Trinajstić information content (AvgIpc) is 3.00. The highest BCUT2D eigenvalue weighted by Gasteiger charge is 2.19. The van der Waals surface area contributed by atoms with Crippen LogP contribution in [0.5, 0.6) is 0 Å². The van der Waals surface area contributed by atoms with Crippen LogP contribution in [0, 0.1) is 0 Å². The number of aromatic nitrogens is 4. The molecule has 0 saturated heterocycles. The maximum absolute atomic E-state index is 12.2. The summed E-state index contributed by atoms with van der Waals surface area (Å²) in [5.41, 5.74) is 2.52. The third-order valence-electron chi connectivity index (χ3n) is 3.86. The number of aromatic amines is 1. The number of aryl methyl sites for hydroxylation is 1. The molecule has 11 heteroatoms. The molecule has 2 aromatic heterocycles. The summed E-state index contributed by atoms with van der Waals surface area (Å²) in [5, 5.41) is 23.0. The van der Waals surface area contributed by atoms with E-state index in [0.29, 0.717) is 0 Å². The fourth-order valence-electron chi connectivity index (χ4n) is 2.48. The first kappa shape index (κ1) is 19.0. The molecule has 27 heavy (non-hydrogen) atoms. The third kappa shape index (κ3) is 3.99. The van der Waals surface area contributed by atoms with E-state index in [9.17, 15) is 14.7 Å². The number of aliphatic hydroxyl groups excluding tert-OH is 2. The van der Waals surface area contributed by atoms with Gasteiger partial charge in [0, 0.05) is 11.5 Å². The number of benzene rings is 1. The maximum atomic E-state index is 12.2. The van der Waals surface area contributed by atoms with Crippen molar-refractivity contribution in [1.82, 2.24) is 19.1 Å². The first-order valence-corrected chi connectivity index (χ1v) is 8.73. The SMILES string of the molecule is Cn1c(=O)[nH]c(=O)c2c1nc(NN=Cc1ccc(Br)cc1)n2CC(O)CO. The summed E-state index contributed by atoms with van der Waals surface area (Å²) in [6.07, 6.45) is 0.442. The average molecular weight is 437 g/mol. The number of hydrogen-bond acceptors (Lipinski definition) is 7. The molecule has 1 atom stereocenters. The predicted octanol–water partition coefficient (Wildman–Crippen LogP) is -0.0150. The zero-order valence-electron chi connectivity index (χ0n) is 14.3. The van der Waals surface area contributed by atoms with E-state index >= 15 is 0 Å². The Balaban J connectivity index is 2.02. The molecule has 3 aromatic rings. The van der Waals surface area contributed by atoms with Gasteiger partial charge in [-0.1, -0.05) is 28.1 Å². The number of hydrazone groups is 1. The lowest BCUT2D eigenvalue weighted by Crippen LogP contribution is -2.30. The van der Waals surface area contributed by atoms with Gasteiger partial charge in [0.2, 0.25) is 5.95 Å². The van der Waals surface area contributed by atoms with Crippen LogP contribution in [0.3, 0.4) is 0 Å². The predicted molar refractivity (Wildman–Crippen MR) is 104 cm³/mol. The summed E-state index contributed by atoms with van der Waals surface area (Å²) in [6.45, 7) is -0.602. The van der Waals surface area contributed by atoms with Gasteiger partial charge in [0.05, 0.1) is 25.5 Å². The first-order chi connectivity index (χ1) is 12.9. The van der Waals surface area contributed by atoms with E-state index in [2.05, 4.69) is 36.4 Å². The minimum absolute atomic E-state index is 0.0888. The summed E-state index contributed by atoms with van der Waals surface area (Å²) in [4.78, 5) is 30.5. The molecule has 0 spiro atoms. The van der Waals surface area contributed by atoms with Gasteiger partial charge in [0.1, 0.15) is 0 Å². The van der Waals surface area contributed by atoms with Gasteiger partial charge in [-0.05, 0) is 17.7 Å². The van der Waals surface area contributed by atoms with Crippen molar-refractivity contribution in [3.8, 4) is 0 Å². The number of anilines is 1. The molecule has 0 fully saturated rings. The molecular weight excluding hydrogens is 420 g/mol. The van der Waals surface area contributed by atoms with Gasteiger partial charge in [0.25, 0.3) is 5.56 Å². The minimum Gasteiger partial charge on any atom is -0.394 e. The number of aliphatic hydroxyl groups is 2. The molecule has 4 N–H and O–H groups in total. The number of fused-ring (bicyclic) bond motifs is 1. The fraction of sp³-hybridized carbons (Fsp3) is 0.250. The van der Waals surface area contributed by atoms with Gasteiger partial charge in [0.15, 0.2) is 11.2 Å². The Hall–Kier alpha value is -2.76. The van der Waals surface area contributed by atoms with Crippen LogP contribution in [-0.4, -0.2) is 48.2 Å². The van der Waals surface area contributed by atoms with Gasteiger partial charge < -0.3 is 14.8 Å². The van der Waals surface area contributed by atoms with Gasteiger partial charge in [-0.3, -0.25) is 14.3 Å². The summed E-state index contributed by atoms with van der Waals surface area (Å²) in [7, 11) is 1.47. The summed E-state index contributed by atoms with van der Waals surface area (Å²) < 4.78 is 3.49. The molecular formula is C16H17BrN6O4. The third-order valence-corrected chi connectivity index (χ3v) is 4.39.